The molecular weight excluding hydrogens is 332 g/mol. The molecule has 2 aromatic heterocycles. The number of fused-ring (bicyclic) bond motifs is 2. The van der Waals surface area contributed by atoms with E-state index in [-0.39, 0.29) is 0 Å². The lowest BCUT2D eigenvalue weighted by Gasteiger charge is -2.11. The van der Waals surface area contributed by atoms with Gasteiger partial charge in [-0.15, -0.1) is 0 Å². The molecule has 0 aliphatic rings. The summed E-state index contributed by atoms with van der Waals surface area (Å²) in [6.07, 6.45) is 8.50. The standard InChI is InChI=1S/C23H28N4/c1-2-3-4-5-10-15-27-22-14-9-8-13-21(22)26-23(27)25-17-18-16-24-20-12-7-6-11-19(18)20/h6-9,11-14,16,24H,2-5,10,15,17H2,1H3,(H,25,26). The molecule has 2 aromatic carbocycles. The molecule has 0 saturated carbocycles. The molecular formula is C23H28N4. The van der Waals surface area contributed by atoms with Gasteiger partial charge < -0.3 is 14.9 Å². The molecule has 0 radical (unpaired) electrons. The Morgan fingerprint density at radius 1 is 0.963 bits per heavy atom. The number of H-pyrrole nitrogens is 1. The molecule has 0 aliphatic carbocycles. The third kappa shape index (κ3) is 3.85. The van der Waals surface area contributed by atoms with E-state index in [2.05, 4.69) is 76.5 Å². The predicted molar refractivity (Wildman–Crippen MR) is 114 cm³/mol. The number of nitrogens with zero attached hydrogens (tertiary/aromatic N) is 2. The van der Waals surface area contributed by atoms with Gasteiger partial charge in [-0.05, 0) is 30.2 Å². The number of nitrogens with one attached hydrogen (secondary N) is 2. The number of hydrogen-bond donors (Lipinski definition) is 2. The summed E-state index contributed by atoms with van der Waals surface area (Å²) in [5.74, 6) is 0.969. The van der Waals surface area contributed by atoms with Crippen LogP contribution in [0.3, 0.4) is 0 Å². The molecule has 0 bridgehead atoms. The van der Waals surface area contributed by atoms with E-state index in [1.54, 1.807) is 0 Å². The van der Waals surface area contributed by atoms with Gasteiger partial charge >= 0.3 is 0 Å². The number of hydrogen-bond acceptors (Lipinski definition) is 2. The van der Waals surface area contributed by atoms with E-state index in [0.717, 1.165) is 24.6 Å². The third-order valence-electron chi connectivity index (χ3n) is 5.25. The van der Waals surface area contributed by atoms with Gasteiger partial charge in [-0.2, -0.15) is 0 Å². The maximum absolute atomic E-state index is 4.85. The average molecular weight is 361 g/mol. The molecule has 0 unspecified atom stereocenters. The number of anilines is 1. The molecule has 4 nitrogen and oxygen atoms in total. The molecule has 0 saturated heterocycles. The van der Waals surface area contributed by atoms with Crippen LogP contribution < -0.4 is 5.32 Å². The van der Waals surface area contributed by atoms with Crippen molar-refractivity contribution in [2.75, 3.05) is 5.32 Å². The molecule has 0 spiro atoms. The monoisotopic (exact) mass is 360 g/mol. The van der Waals surface area contributed by atoms with Crippen molar-refractivity contribution in [1.29, 1.82) is 0 Å². The highest BCUT2D eigenvalue weighted by molar-refractivity contribution is 5.83. The van der Waals surface area contributed by atoms with Crippen LogP contribution >= 0.6 is 0 Å². The first-order valence-electron chi connectivity index (χ1n) is 10.1. The van der Waals surface area contributed by atoms with Gasteiger partial charge in [-0.1, -0.05) is 62.9 Å². The lowest BCUT2D eigenvalue weighted by Crippen LogP contribution is -2.08. The highest BCUT2D eigenvalue weighted by Gasteiger charge is 2.11. The molecule has 2 heterocycles. The van der Waals surface area contributed by atoms with Crippen LogP contribution in [0.15, 0.2) is 54.7 Å². The molecule has 27 heavy (non-hydrogen) atoms. The summed E-state index contributed by atoms with van der Waals surface area (Å²) in [5, 5.41) is 4.85. The van der Waals surface area contributed by atoms with Crippen LogP contribution in [-0.2, 0) is 13.1 Å². The number of para-hydroxylation sites is 3. The fraction of sp³-hybridized carbons (Fsp3) is 0.348. The second-order valence-corrected chi connectivity index (χ2v) is 7.20. The van der Waals surface area contributed by atoms with E-state index in [9.17, 15) is 0 Å². The SMILES string of the molecule is CCCCCCCn1c(NCc2c[nH]c3ccccc23)nc2ccccc21. The van der Waals surface area contributed by atoms with Crippen LogP contribution in [0.25, 0.3) is 21.9 Å². The van der Waals surface area contributed by atoms with Crippen molar-refractivity contribution in [1.82, 2.24) is 14.5 Å². The third-order valence-corrected chi connectivity index (χ3v) is 5.25. The molecule has 0 amide bonds. The Morgan fingerprint density at radius 3 is 2.70 bits per heavy atom. The van der Waals surface area contributed by atoms with Gasteiger partial charge in [0, 0.05) is 30.2 Å². The maximum Gasteiger partial charge on any atom is 0.204 e. The maximum atomic E-state index is 4.85. The topological polar surface area (TPSA) is 45.6 Å². The predicted octanol–water partition coefficient (Wildman–Crippen LogP) is 6.10. The number of benzene rings is 2. The normalized spacial score (nSPS) is 11.4. The fourth-order valence-corrected chi connectivity index (χ4v) is 3.76. The average Bonchev–Trinajstić information content (AvgIpc) is 3.27. The quantitative estimate of drug-likeness (QED) is 0.354. The summed E-state index contributed by atoms with van der Waals surface area (Å²) < 4.78 is 2.34. The van der Waals surface area contributed by atoms with Gasteiger partial charge in [-0.25, -0.2) is 4.98 Å². The Labute approximate surface area is 160 Å². The largest absolute Gasteiger partial charge is 0.361 e. The second kappa shape index (κ2) is 8.30. The van der Waals surface area contributed by atoms with Crippen LogP contribution in [0.4, 0.5) is 5.95 Å². The van der Waals surface area contributed by atoms with Gasteiger partial charge in [0.2, 0.25) is 5.95 Å². The molecule has 4 aromatic rings. The lowest BCUT2D eigenvalue weighted by molar-refractivity contribution is 0.577. The summed E-state index contributed by atoms with van der Waals surface area (Å²) >= 11 is 0. The molecule has 0 aliphatic heterocycles. The van der Waals surface area contributed by atoms with Crippen LogP contribution in [-0.4, -0.2) is 14.5 Å². The first kappa shape index (κ1) is 17.7. The van der Waals surface area contributed by atoms with Gasteiger partial charge in [0.15, 0.2) is 0 Å². The zero-order valence-electron chi connectivity index (χ0n) is 16.0. The molecule has 140 valence electrons. The number of imidazole rings is 1. The Balaban J connectivity index is 1.52. The molecule has 4 heteroatoms. The minimum absolute atomic E-state index is 0.767. The first-order valence-corrected chi connectivity index (χ1v) is 10.1. The highest BCUT2D eigenvalue weighted by Crippen LogP contribution is 2.23. The Hall–Kier alpha value is -2.75. The summed E-state index contributed by atoms with van der Waals surface area (Å²) in [5.41, 5.74) is 4.73. The van der Waals surface area contributed by atoms with E-state index >= 15 is 0 Å². The van der Waals surface area contributed by atoms with Gasteiger partial charge in [0.25, 0.3) is 0 Å². The summed E-state index contributed by atoms with van der Waals surface area (Å²) in [7, 11) is 0. The van der Waals surface area contributed by atoms with E-state index in [0.29, 0.717) is 0 Å². The smallest absolute Gasteiger partial charge is 0.204 e. The molecule has 0 fully saturated rings. The summed E-state index contributed by atoms with van der Waals surface area (Å²) in [6.45, 7) is 4.04. The zero-order chi connectivity index (χ0) is 18.5. The van der Waals surface area contributed by atoms with Crippen LogP contribution in [0, 0.1) is 0 Å². The highest BCUT2D eigenvalue weighted by atomic mass is 15.2. The van der Waals surface area contributed by atoms with Crippen molar-refractivity contribution in [3.05, 3.63) is 60.3 Å². The number of aromatic amines is 1. The fourth-order valence-electron chi connectivity index (χ4n) is 3.76. The minimum Gasteiger partial charge on any atom is -0.361 e. The molecule has 4 rings (SSSR count). The summed E-state index contributed by atoms with van der Waals surface area (Å²) in [4.78, 5) is 8.20. The Kier molecular flexibility index (Phi) is 5.42. The minimum atomic E-state index is 0.767. The van der Waals surface area contributed by atoms with E-state index in [1.807, 2.05) is 0 Å². The van der Waals surface area contributed by atoms with Crippen LogP contribution in [0.2, 0.25) is 0 Å². The summed E-state index contributed by atoms with van der Waals surface area (Å²) in [6, 6.07) is 16.9. The second-order valence-electron chi connectivity index (χ2n) is 7.20. The van der Waals surface area contributed by atoms with Crippen molar-refractivity contribution >= 4 is 27.9 Å². The van der Waals surface area contributed by atoms with Crippen LogP contribution in [0.5, 0.6) is 0 Å². The van der Waals surface area contributed by atoms with Crippen molar-refractivity contribution in [3.63, 3.8) is 0 Å². The van der Waals surface area contributed by atoms with Crippen LogP contribution in [0.1, 0.15) is 44.6 Å². The number of unbranched alkanes of at least 4 members (excludes halogenated alkanes) is 4. The first-order chi connectivity index (χ1) is 13.4. The van der Waals surface area contributed by atoms with Crippen molar-refractivity contribution in [2.24, 2.45) is 0 Å². The number of aryl methyl sites for hydroxylation is 1. The lowest BCUT2D eigenvalue weighted by atomic mass is 10.1. The Morgan fingerprint density at radius 2 is 1.78 bits per heavy atom. The van der Waals surface area contributed by atoms with Crippen molar-refractivity contribution in [3.8, 4) is 0 Å². The van der Waals surface area contributed by atoms with E-state index < -0.39 is 0 Å². The molecule has 0 atom stereocenters. The van der Waals surface area contributed by atoms with Gasteiger partial charge in [-0.3, -0.25) is 0 Å². The number of rotatable bonds is 9. The van der Waals surface area contributed by atoms with Crippen molar-refractivity contribution in [2.45, 2.75) is 52.1 Å². The zero-order valence-corrected chi connectivity index (χ0v) is 16.0. The van der Waals surface area contributed by atoms with Crippen molar-refractivity contribution < 1.29 is 0 Å². The van der Waals surface area contributed by atoms with E-state index in [1.165, 1.54) is 54.1 Å². The Bertz CT molecular complexity index is 1010. The van der Waals surface area contributed by atoms with E-state index in [4.69, 9.17) is 4.98 Å². The van der Waals surface area contributed by atoms with Gasteiger partial charge in [0.1, 0.15) is 0 Å². The van der Waals surface area contributed by atoms with Gasteiger partial charge in [0.05, 0.1) is 11.0 Å². The number of aromatic nitrogens is 3. The molecule has 2 N–H and O–H groups in total.